The summed E-state index contributed by atoms with van der Waals surface area (Å²) in [5.41, 5.74) is 4.05. The van der Waals surface area contributed by atoms with Crippen LogP contribution in [0.3, 0.4) is 0 Å². The molecule has 0 radical (unpaired) electrons. The van der Waals surface area contributed by atoms with Crippen molar-refractivity contribution in [2.75, 3.05) is 19.5 Å². The molecule has 0 aromatic heterocycles. The van der Waals surface area contributed by atoms with E-state index >= 15 is 0 Å². The van der Waals surface area contributed by atoms with Gasteiger partial charge in [-0.25, -0.2) is 0 Å². The summed E-state index contributed by atoms with van der Waals surface area (Å²) in [4.78, 5) is 0.735. The molecule has 3 atom stereocenters. The summed E-state index contributed by atoms with van der Waals surface area (Å²) in [5, 5.41) is 10.2. The first-order valence-corrected chi connectivity index (χ1v) is 11.8. The van der Waals surface area contributed by atoms with E-state index in [1.807, 2.05) is 43.3 Å². The second-order valence-electron chi connectivity index (χ2n) is 8.02. The number of nitrogens with zero attached hydrogens (tertiary/aromatic N) is 1. The molecule has 0 aliphatic carbocycles. The van der Waals surface area contributed by atoms with E-state index in [1.165, 1.54) is 5.57 Å². The van der Waals surface area contributed by atoms with Gasteiger partial charge in [0.1, 0.15) is 16.4 Å². The molecule has 1 unspecified atom stereocenters. The maximum atomic E-state index is 14.0. The Hall–Kier alpha value is -1.95. The lowest BCUT2D eigenvalue weighted by atomic mass is 9.83. The van der Waals surface area contributed by atoms with Gasteiger partial charge in [0.2, 0.25) is 0 Å². The van der Waals surface area contributed by atoms with E-state index in [-0.39, 0.29) is 18.4 Å². The number of ether oxygens (including phenoxy) is 1. The molecular weight excluding hydrogens is 382 g/mol. The number of aliphatic hydroxyl groups is 1. The molecule has 0 bridgehead atoms. The quantitative estimate of drug-likeness (QED) is 0.474. The molecule has 5 heteroatoms. The molecular formula is C24H31NO3S. The van der Waals surface area contributed by atoms with E-state index in [0.29, 0.717) is 17.2 Å². The lowest BCUT2D eigenvalue weighted by Gasteiger charge is -2.36. The van der Waals surface area contributed by atoms with E-state index in [1.54, 1.807) is 7.11 Å². The van der Waals surface area contributed by atoms with Gasteiger partial charge in [0.15, 0.2) is 5.69 Å². The molecule has 1 aliphatic heterocycles. The smallest absolute Gasteiger partial charge is 0.155 e. The van der Waals surface area contributed by atoms with E-state index in [2.05, 4.69) is 26.0 Å². The molecule has 0 fully saturated rings. The minimum Gasteiger partial charge on any atom is -0.626 e. The van der Waals surface area contributed by atoms with Gasteiger partial charge in [0.25, 0.3) is 0 Å². The number of methoxy groups -OCH3 is 1. The highest BCUT2D eigenvalue weighted by Gasteiger charge is 2.37. The molecule has 1 heterocycles. The van der Waals surface area contributed by atoms with Crippen LogP contribution in [-0.2, 0) is 10.1 Å². The van der Waals surface area contributed by atoms with Crippen molar-refractivity contribution < 1.29 is 14.4 Å². The Bertz CT molecular complexity index is 933. The van der Waals surface area contributed by atoms with E-state index in [0.717, 1.165) is 28.9 Å². The van der Waals surface area contributed by atoms with Crippen LogP contribution in [0.25, 0.3) is 0 Å². The van der Waals surface area contributed by atoms with Crippen LogP contribution in [-0.4, -0.2) is 29.1 Å². The van der Waals surface area contributed by atoms with Gasteiger partial charge < -0.3 is 14.4 Å². The second-order valence-corrected chi connectivity index (χ2v) is 10.3. The molecule has 0 saturated heterocycles. The van der Waals surface area contributed by atoms with Crippen LogP contribution in [0.15, 0.2) is 63.4 Å². The molecule has 156 valence electrons. The van der Waals surface area contributed by atoms with Crippen LogP contribution in [0.4, 0.5) is 5.69 Å². The zero-order valence-electron chi connectivity index (χ0n) is 17.7. The van der Waals surface area contributed by atoms with Gasteiger partial charge in [-0.3, -0.25) is 0 Å². The van der Waals surface area contributed by atoms with Crippen molar-refractivity contribution in [1.82, 2.24) is 0 Å². The summed E-state index contributed by atoms with van der Waals surface area (Å²) < 4.78 is 24.4. The van der Waals surface area contributed by atoms with E-state index < -0.39 is 10.1 Å². The number of benzene rings is 2. The monoisotopic (exact) mass is 413 g/mol. The Morgan fingerprint density at radius 3 is 2.66 bits per heavy atom. The summed E-state index contributed by atoms with van der Waals surface area (Å²) in [6.45, 7) is 6.25. The third-order valence-electron chi connectivity index (χ3n) is 5.52. The van der Waals surface area contributed by atoms with E-state index in [9.17, 15) is 9.66 Å². The summed E-state index contributed by atoms with van der Waals surface area (Å²) in [6.07, 6.45) is 3.93. The van der Waals surface area contributed by atoms with Crippen molar-refractivity contribution in [1.29, 1.82) is 0 Å². The normalized spacial score (nSPS) is 21.7. The van der Waals surface area contributed by atoms with Crippen molar-refractivity contribution in [2.24, 2.45) is 10.3 Å². The van der Waals surface area contributed by atoms with Crippen LogP contribution in [0.2, 0.25) is 0 Å². The highest BCUT2D eigenvalue weighted by molar-refractivity contribution is 8.00. The Morgan fingerprint density at radius 2 is 2.03 bits per heavy atom. The first-order valence-electron chi connectivity index (χ1n) is 10.1. The van der Waals surface area contributed by atoms with Crippen molar-refractivity contribution >= 4 is 15.8 Å². The maximum Gasteiger partial charge on any atom is 0.155 e. The van der Waals surface area contributed by atoms with Crippen LogP contribution < -0.4 is 4.74 Å². The number of aryl methyl sites for hydroxylation is 1. The van der Waals surface area contributed by atoms with Crippen LogP contribution in [0.1, 0.15) is 43.7 Å². The van der Waals surface area contributed by atoms with Crippen LogP contribution >= 0.6 is 0 Å². The highest BCUT2D eigenvalue weighted by atomic mass is 32.3. The number of rotatable bonds is 7. The van der Waals surface area contributed by atoms with Gasteiger partial charge in [-0.05, 0) is 79.0 Å². The number of hydrogen-bond acceptors (Lipinski definition) is 4. The van der Waals surface area contributed by atoms with Gasteiger partial charge in [0, 0.05) is 12.5 Å². The van der Waals surface area contributed by atoms with Crippen molar-refractivity contribution in [3.8, 4) is 5.75 Å². The lowest BCUT2D eigenvalue weighted by molar-refractivity contribution is 0.201. The first kappa shape index (κ1) is 21.8. The number of allylic oxidation sites excluding steroid dienone is 2. The zero-order valence-corrected chi connectivity index (χ0v) is 18.5. The van der Waals surface area contributed by atoms with Crippen molar-refractivity contribution in [3.05, 3.63) is 65.2 Å². The molecule has 3 rings (SSSR count). The number of hydrogen-bond donors (Lipinski definition) is 1. The van der Waals surface area contributed by atoms with Gasteiger partial charge in [0.05, 0.1) is 7.11 Å². The molecule has 0 saturated carbocycles. The lowest BCUT2D eigenvalue weighted by Crippen LogP contribution is -2.31. The minimum atomic E-state index is -2.65. The fraction of sp³-hybridized carbons (Fsp3) is 0.417. The molecule has 0 spiro atoms. The molecule has 4 nitrogen and oxygen atoms in total. The third-order valence-corrected chi connectivity index (χ3v) is 7.81. The summed E-state index contributed by atoms with van der Waals surface area (Å²) in [6, 6.07) is 13.5. The third kappa shape index (κ3) is 4.80. The van der Waals surface area contributed by atoms with Gasteiger partial charge >= 0.3 is 0 Å². The Kier molecular flexibility index (Phi) is 6.93. The first-order chi connectivity index (χ1) is 13.9. The van der Waals surface area contributed by atoms with E-state index in [4.69, 9.17) is 9.10 Å². The largest absolute Gasteiger partial charge is 0.626 e. The molecule has 29 heavy (non-hydrogen) atoms. The zero-order chi connectivity index (χ0) is 21.0. The molecule has 2 aromatic carbocycles. The molecule has 1 N–H and O–H groups in total. The topological polar surface area (TPSA) is 64.9 Å². The fourth-order valence-electron chi connectivity index (χ4n) is 4.00. The summed E-state index contributed by atoms with van der Waals surface area (Å²) in [5.74, 6) is 1.03. The molecule has 0 amide bonds. The predicted molar refractivity (Wildman–Crippen MR) is 120 cm³/mol. The van der Waals surface area contributed by atoms with Gasteiger partial charge in [-0.1, -0.05) is 40.3 Å². The SMILES string of the molecule is COc1cc(C)cc2c1N=[S+]([O-])(c1ccccc1)C[C@@H]2[C@@H](CO)CCC=C(C)C. The summed E-state index contributed by atoms with van der Waals surface area (Å²) in [7, 11) is -1.03. The Morgan fingerprint density at radius 1 is 1.31 bits per heavy atom. The number of aliphatic hydroxyl groups excluding tert-OH is 1. The van der Waals surface area contributed by atoms with Crippen LogP contribution in [0, 0.1) is 12.8 Å². The highest BCUT2D eigenvalue weighted by Crippen LogP contribution is 2.48. The molecule has 2 aromatic rings. The summed E-state index contributed by atoms with van der Waals surface area (Å²) >= 11 is 0. The van der Waals surface area contributed by atoms with Crippen molar-refractivity contribution in [3.63, 3.8) is 0 Å². The Balaban J connectivity index is 2.12. The average molecular weight is 414 g/mol. The average Bonchev–Trinajstić information content (AvgIpc) is 2.71. The minimum absolute atomic E-state index is 0.0101. The maximum absolute atomic E-state index is 14.0. The van der Waals surface area contributed by atoms with Crippen molar-refractivity contribution in [2.45, 2.75) is 44.4 Å². The standard InChI is InChI=1S/C24H31NO3S/c1-17(2)9-8-10-19(15-26)22-16-29(27,20-11-6-5-7-12-20)25-24-21(22)13-18(3)14-23(24)28-4/h5-7,9,11-14,19,22,26H,8,10,15-16H2,1-4H3/t19-,22-,29?/m1/s1. The van der Waals surface area contributed by atoms with Gasteiger partial charge in [-0.15, -0.1) is 0 Å². The second kappa shape index (κ2) is 9.24. The number of fused-ring (bicyclic) bond motifs is 1. The molecule has 1 aliphatic rings. The van der Waals surface area contributed by atoms with Crippen LogP contribution in [0.5, 0.6) is 5.75 Å². The fourth-order valence-corrected chi connectivity index (χ4v) is 6.39. The predicted octanol–water partition coefficient (Wildman–Crippen LogP) is 5.61. The Labute approximate surface area is 175 Å². The van der Waals surface area contributed by atoms with Gasteiger partial charge in [-0.2, -0.15) is 0 Å².